The van der Waals surface area contributed by atoms with Gasteiger partial charge in [0, 0.05) is 6.54 Å². The number of benzene rings is 1. The molecule has 0 saturated carbocycles. The van der Waals surface area contributed by atoms with Gasteiger partial charge >= 0.3 is 12.1 Å². The van der Waals surface area contributed by atoms with Crippen LogP contribution in [0.25, 0.3) is 0 Å². The highest BCUT2D eigenvalue weighted by atomic mass is 16.6. The fraction of sp³-hybridized carbons (Fsp3) is 0.333. The quantitative estimate of drug-likeness (QED) is 0.853. The van der Waals surface area contributed by atoms with Crippen molar-refractivity contribution in [1.82, 2.24) is 4.90 Å². The van der Waals surface area contributed by atoms with Crippen LogP contribution < -0.4 is 0 Å². The summed E-state index contributed by atoms with van der Waals surface area (Å²) in [6.45, 7) is 0.322. The molecule has 1 aromatic rings. The molecule has 1 atom stereocenters. The second-order valence-corrected chi connectivity index (χ2v) is 4.59. The van der Waals surface area contributed by atoms with Gasteiger partial charge in [0.25, 0.3) is 0 Å². The molecule has 1 aliphatic rings. The summed E-state index contributed by atoms with van der Waals surface area (Å²) in [5.41, 5.74) is 0.862. The molecule has 1 aliphatic heterocycles. The van der Waals surface area contributed by atoms with Gasteiger partial charge in [0.1, 0.15) is 12.3 Å². The third-order valence-corrected chi connectivity index (χ3v) is 3.11. The molecule has 1 N–H and O–H groups in total. The van der Waals surface area contributed by atoms with Crippen molar-refractivity contribution in [3.8, 4) is 0 Å². The molecule has 0 radical (unpaired) electrons. The molecular formula is C15H17NO5. The number of esters is 1. The molecule has 0 aromatic heterocycles. The Bertz CT molecular complexity index is 540. The van der Waals surface area contributed by atoms with Crippen molar-refractivity contribution in [1.29, 1.82) is 0 Å². The number of methoxy groups -OCH3 is 1. The minimum absolute atomic E-state index is 0.00862. The summed E-state index contributed by atoms with van der Waals surface area (Å²) in [5, 5.41) is 9.57. The highest BCUT2D eigenvalue weighted by molar-refractivity contribution is 5.92. The Balaban J connectivity index is 2.03. The van der Waals surface area contributed by atoms with E-state index in [2.05, 4.69) is 4.74 Å². The zero-order valence-corrected chi connectivity index (χ0v) is 11.7. The first-order chi connectivity index (χ1) is 10.1. The van der Waals surface area contributed by atoms with E-state index in [1.54, 1.807) is 0 Å². The fourth-order valence-corrected chi connectivity index (χ4v) is 2.01. The number of hydrogen-bond donors (Lipinski definition) is 1. The van der Waals surface area contributed by atoms with Gasteiger partial charge < -0.3 is 14.6 Å². The maximum atomic E-state index is 12.1. The van der Waals surface area contributed by atoms with Crippen molar-refractivity contribution in [3.63, 3.8) is 0 Å². The molecule has 6 heteroatoms. The van der Waals surface area contributed by atoms with Gasteiger partial charge in [0.05, 0.1) is 13.2 Å². The Morgan fingerprint density at radius 1 is 1.33 bits per heavy atom. The summed E-state index contributed by atoms with van der Waals surface area (Å²) in [4.78, 5) is 24.9. The Kier molecular flexibility index (Phi) is 4.94. The standard InChI is InChI=1S/C15H17NO5/c1-20-14(18)13-9-12(17)7-8-16(13)15(19)21-10-11-5-3-2-4-6-11/h2-6,9,12,17H,7-8,10H2,1H3/t12-/m0/s1. The predicted molar refractivity (Wildman–Crippen MR) is 74.1 cm³/mol. The van der Waals surface area contributed by atoms with Crippen molar-refractivity contribution < 1.29 is 24.2 Å². The maximum absolute atomic E-state index is 12.1. The lowest BCUT2D eigenvalue weighted by Crippen LogP contribution is -2.40. The van der Waals surface area contributed by atoms with Crippen molar-refractivity contribution in [2.75, 3.05) is 13.7 Å². The molecule has 0 unspecified atom stereocenters. The summed E-state index contributed by atoms with van der Waals surface area (Å²) < 4.78 is 9.80. The molecule has 0 saturated heterocycles. The zero-order chi connectivity index (χ0) is 15.2. The summed E-state index contributed by atoms with van der Waals surface area (Å²) in [6, 6.07) is 9.24. The first-order valence-electron chi connectivity index (χ1n) is 6.58. The smallest absolute Gasteiger partial charge is 0.414 e. The fourth-order valence-electron chi connectivity index (χ4n) is 2.01. The molecule has 1 aromatic carbocycles. The molecular weight excluding hydrogens is 274 g/mol. The van der Waals surface area contributed by atoms with Gasteiger partial charge in [0.2, 0.25) is 0 Å². The summed E-state index contributed by atoms with van der Waals surface area (Å²) >= 11 is 0. The van der Waals surface area contributed by atoms with Crippen LogP contribution in [0.1, 0.15) is 12.0 Å². The summed E-state index contributed by atoms with van der Waals surface area (Å²) in [6.07, 6.45) is 0.250. The molecule has 0 spiro atoms. The maximum Gasteiger partial charge on any atom is 0.414 e. The van der Waals surface area contributed by atoms with Crippen LogP contribution in [-0.2, 0) is 20.9 Å². The third-order valence-electron chi connectivity index (χ3n) is 3.11. The van der Waals surface area contributed by atoms with Gasteiger partial charge in [-0.1, -0.05) is 30.3 Å². The van der Waals surface area contributed by atoms with E-state index in [-0.39, 0.29) is 18.8 Å². The number of ether oxygens (including phenoxy) is 2. The second kappa shape index (κ2) is 6.90. The van der Waals surface area contributed by atoms with Crippen LogP contribution >= 0.6 is 0 Å². The first-order valence-corrected chi connectivity index (χ1v) is 6.58. The van der Waals surface area contributed by atoms with E-state index in [9.17, 15) is 14.7 Å². The minimum atomic E-state index is -0.766. The Labute approximate surface area is 122 Å². The molecule has 0 bridgehead atoms. The monoisotopic (exact) mass is 291 g/mol. The van der Waals surface area contributed by atoms with Gasteiger partial charge in [-0.15, -0.1) is 0 Å². The van der Waals surface area contributed by atoms with Gasteiger partial charge in [-0.3, -0.25) is 4.90 Å². The number of carbonyl (C=O) groups is 2. The molecule has 0 aliphatic carbocycles. The van der Waals surface area contributed by atoms with E-state index in [1.807, 2.05) is 30.3 Å². The van der Waals surface area contributed by atoms with Crippen molar-refractivity contribution in [2.45, 2.75) is 19.1 Å². The molecule has 2 rings (SSSR count). The Hall–Kier alpha value is -2.34. The normalized spacial score (nSPS) is 17.9. The molecule has 21 heavy (non-hydrogen) atoms. The van der Waals surface area contributed by atoms with Crippen LogP contribution in [0.3, 0.4) is 0 Å². The SMILES string of the molecule is COC(=O)C1=C[C@@H](O)CCN1C(=O)OCc1ccccc1. The highest BCUT2D eigenvalue weighted by Crippen LogP contribution is 2.18. The van der Waals surface area contributed by atoms with E-state index >= 15 is 0 Å². The van der Waals surface area contributed by atoms with E-state index < -0.39 is 18.2 Å². The van der Waals surface area contributed by atoms with Gasteiger partial charge in [-0.2, -0.15) is 0 Å². The number of aliphatic hydroxyl groups excluding tert-OH is 1. The van der Waals surface area contributed by atoms with Crippen LogP contribution in [0.4, 0.5) is 4.79 Å². The van der Waals surface area contributed by atoms with Crippen molar-refractivity contribution >= 4 is 12.1 Å². The van der Waals surface area contributed by atoms with E-state index in [0.29, 0.717) is 6.42 Å². The Morgan fingerprint density at radius 2 is 2.05 bits per heavy atom. The van der Waals surface area contributed by atoms with Crippen molar-refractivity contribution in [2.24, 2.45) is 0 Å². The average Bonchev–Trinajstić information content (AvgIpc) is 2.52. The van der Waals surface area contributed by atoms with Crippen LogP contribution in [0.15, 0.2) is 42.1 Å². The second-order valence-electron chi connectivity index (χ2n) is 4.59. The highest BCUT2D eigenvalue weighted by Gasteiger charge is 2.30. The lowest BCUT2D eigenvalue weighted by Gasteiger charge is -2.28. The van der Waals surface area contributed by atoms with Crippen LogP contribution in [0.2, 0.25) is 0 Å². The topological polar surface area (TPSA) is 76.1 Å². The van der Waals surface area contributed by atoms with Crippen molar-refractivity contribution in [3.05, 3.63) is 47.7 Å². The number of carbonyl (C=O) groups excluding carboxylic acids is 2. The number of rotatable bonds is 3. The lowest BCUT2D eigenvalue weighted by molar-refractivity contribution is -0.138. The van der Waals surface area contributed by atoms with Crippen LogP contribution in [0.5, 0.6) is 0 Å². The van der Waals surface area contributed by atoms with E-state index in [1.165, 1.54) is 18.1 Å². The molecule has 112 valence electrons. The number of nitrogens with zero attached hydrogens (tertiary/aromatic N) is 1. The van der Waals surface area contributed by atoms with Crippen LogP contribution in [0, 0.1) is 0 Å². The van der Waals surface area contributed by atoms with E-state index in [0.717, 1.165) is 5.56 Å². The van der Waals surface area contributed by atoms with Gasteiger partial charge in [-0.25, -0.2) is 9.59 Å². The average molecular weight is 291 g/mol. The minimum Gasteiger partial charge on any atom is -0.464 e. The number of amides is 1. The summed E-state index contributed by atoms with van der Waals surface area (Å²) in [5.74, 6) is -0.676. The first kappa shape index (κ1) is 15.1. The van der Waals surface area contributed by atoms with Gasteiger partial charge in [-0.05, 0) is 18.1 Å². The van der Waals surface area contributed by atoms with Crippen LogP contribution in [-0.4, -0.2) is 41.8 Å². The molecule has 1 heterocycles. The lowest BCUT2D eigenvalue weighted by atomic mass is 10.1. The van der Waals surface area contributed by atoms with Gasteiger partial charge in [0.15, 0.2) is 0 Å². The summed E-state index contributed by atoms with van der Waals surface area (Å²) in [7, 11) is 1.22. The number of hydrogen-bond acceptors (Lipinski definition) is 5. The largest absolute Gasteiger partial charge is 0.464 e. The van der Waals surface area contributed by atoms with E-state index in [4.69, 9.17) is 4.74 Å². The molecule has 1 amide bonds. The predicted octanol–water partition coefficient (Wildman–Crippen LogP) is 1.45. The molecule has 6 nitrogen and oxygen atoms in total. The number of aliphatic hydroxyl groups is 1. The zero-order valence-electron chi connectivity index (χ0n) is 11.7. The molecule has 0 fully saturated rings. The third kappa shape index (κ3) is 3.82. The Morgan fingerprint density at radius 3 is 2.71 bits per heavy atom.